The van der Waals surface area contributed by atoms with E-state index in [1.54, 1.807) is 24.3 Å². The highest BCUT2D eigenvalue weighted by molar-refractivity contribution is 8.27. The Labute approximate surface area is 234 Å². The lowest BCUT2D eigenvalue weighted by molar-refractivity contribution is -0.113. The monoisotopic (exact) mass is 565 g/mol. The van der Waals surface area contributed by atoms with Crippen LogP contribution in [0.3, 0.4) is 0 Å². The van der Waals surface area contributed by atoms with E-state index in [2.05, 4.69) is 24.3 Å². The van der Waals surface area contributed by atoms with Gasteiger partial charge in [0.1, 0.15) is 6.61 Å². The van der Waals surface area contributed by atoms with Gasteiger partial charge in [-0.25, -0.2) is 0 Å². The van der Waals surface area contributed by atoms with E-state index < -0.39 is 0 Å². The Kier molecular flexibility index (Phi) is 7.72. The summed E-state index contributed by atoms with van der Waals surface area (Å²) in [6, 6.07) is 25.0. The highest BCUT2D eigenvalue weighted by Gasteiger charge is 2.33. The summed E-state index contributed by atoms with van der Waals surface area (Å²) in [6.07, 6.45) is 1.80. The number of hydrogen-bond acceptors (Lipinski definition) is 5. The Morgan fingerprint density at radius 1 is 0.919 bits per heavy atom. The van der Waals surface area contributed by atoms with E-state index in [9.17, 15) is 4.79 Å². The third-order valence-electron chi connectivity index (χ3n) is 5.78. The maximum atomic E-state index is 13.2. The fourth-order valence-electron chi connectivity index (χ4n) is 4.04. The molecule has 0 unspecified atom stereocenters. The summed E-state index contributed by atoms with van der Waals surface area (Å²) < 4.78 is 12.5. The summed E-state index contributed by atoms with van der Waals surface area (Å²) in [5, 5.41) is 3.10. The first kappa shape index (κ1) is 25.6. The number of ether oxygens (including phenoxy) is 2. The zero-order valence-electron chi connectivity index (χ0n) is 19.7. The van der Waals surface area contributed by atoms with Gasteiger partial charge in [-0.15, -0.1) is 0 Å². The molecule has 0 bridgehead atoms. The van der Waals surface area contributed by atoms with Gasteiger partial charge in [-0.3, -0.25) is 9.69 Å². The Bertz CT molecular complexity index is 1550. The second-order valence-corrected chi connectivity index (χ2v) is 10.7. The van der Waals surface area contributed by atoms with Gasteiger partial charge in [0.15, 0.2) is 15.8 Å². The van der Waals surface area contributed by atoms with Crippen LogP contribution < -0.4 is 14.4 Å². The Hall–Kier alpha value is -3.03. The third-order valence-corrected chi connectivity index (χ3v) is 7.82. The smallest absolute Gasteiger partial charge is 0.270 e. The molecule has 4 aromatic carbocycles. The van der Waals surface area contributed by atoms with Crippen LogP contribution in [0, 0.1) is 0 Å². The molecule has 0 atom stereocenters. The fraction of sp³-hybridized carbons (Fsp3) is 0.103. The Morgan fingerprint density at radius 2 is 1.73 bits per heavy atom. The topological polar surface area (TPSA) is 38.8 Å². The van der Waals surface area contributed by atoms with Crippen molar-refractivity contribution in [3.05, 3.63) is 105 Å². The van der Waals surface area contributed by atoms with Gasteiger partial charge >= 0.3 is 0 Å². The van der Waals surface area contributed by atoms with Crippen molar-refractivity contribution in [2.45, 2.75) is 13.5 Å². The Morgan fingerprint density at radius 3 is 2.54 bits per heavy atom. The molecule has 5 rings (SSSR count). The number of rotatable bonds is 7. The molecule has 37 heavy (non-hydrogen) atoms. The van der Waals surface area contributed by atoms with Crippen LogP contribution in [0.15, 0.2) is 83.8 Å². The van der Waals surface area contributed by atoms with E-state index in [0.29, 0.717) is 49.7 Å². The first-order chi connectivity index (χ1) is 17.9. The van der Waals surface area contributed by atoms with Gasteiger partial charge in [0.05, 0.1) is 27.2 Å². The van der Waals surface area contributed by atoms with Crippen molar-refractivity contribution in [3.63, 3.8) is 0 Å². The van der Waals surface area contributed by atoms with Gasteiger partial charge in [0.2, 0.25) is 0 Å². The summed E-state index contributed by atoms with van der Waals surface area (Å²) >= 11 is 18.9. The average molecular weight is 567 g/mol. The molecule has 1 fully saturated rings. The Balaban J connectivity index is 1.38. The number of carbonyl (C=O) groups is 1. The number of thioether (sulfide) groups is 1. The van der Waals surface area contributed by atoms with E-state index in [1.165, 1.54) is 22.0 Å². The quantitative estimate of drug-likeness (QED) is 0.166. The first-order valence-corrected chi connectivity index (χ1v) is 13.5. The maximum Gasteiger partial charge on any atom is 0.270 e. The van der Waals surface area contributed by atoms with Crippen LogP contribution in [0.1, 0.15) is 18.1 Å². The molecule has 0 aromatic heterocycles. The van der Waals surface area contributed by atoms with E-state index >= 15 is 0 Å². The lowest BCUT2D eigenvalue weighted by atomic mass is 10.1. The van der Waals surface area contributed by atoms with Crippen molar-refractivity contribution in [1.82, 2.24) is 0 Å². The van der Waals surface area contributed by atoms with Crippen LogP contribution in [-0.2, 0) is 11.4 Å². The van der Waals surface area contributed by atoms with Gasteiger partial charge in [0, 0.05) is 0 Å². The zero-order valence-corrected chi connectivity index (χ0v) is 22.9. The summed E-state index contributed by atoms with van der Waals surface area (Å²) in [5.74, 6) is 1.02. The lowest BCUT2D eigenvalue weighted by Gasteiger charge is -2.15. The zero-order chi connectivity index (χ0) is 25.9. The number of carbonyl (C=O) groups excluding carboxylic acids is 1. The van der Waals surface area contributed by atoms with Crippen molar-refractivity contribution in [3.8, 4) is 11.5 Å². The number of nitrogens with zero attached hydrogens (tertiary/aromatic N) is 1. The number of amides is 1. The molecule has 1 amide bonds. The molecule has 0 saturated carbocycles. The highest BCUT2D eigenvalue weighted by atomic mass is 35.5. The highest BCUT2D eigenvalue weighted by Crippen LogP contribution is 2.39. The van der Waals surface area contributed by atoms with Crippen LogP contribution in [0.5, 0.6) is 11.5 Å². The van der Waals surface area contributed by atoms with E-state index in [0.717, 1.165) is 16.5 Å². The molecular formula is C29H21Cl2NO3S2. The molecular weight excluding hydrogens is 545 g/mol. The number of halogens is 2. The van der Waals surface area contributed by atoms with Crippen LogP contribution in [-0.4, -0.2) is 16.8 Å². The molecule has 1 aliphatic rings. The van der Waals surface area contributed by atoms with Gasteiger partial charge in [-0.1, -0.05) is 95.7 Å². The number of fused-ring (bicyclic) bond motifs is 1. The fourth-order valence-corrected chi connectivity index (χ4v) is 5.63. The molecule has 1 heterocycles. The lowest BCUT2D eigenvalue weighted by Crippen LogP contribution is -2.27. The summed E-state index contributed by atoms with van der Waals surface area (Å²) in [4.78, 5) is 15.1. The van der Waals surface area contributed by atoms with Crippen LogP contribution in [0.4, 0.5) is 5.69 Å². The third kappa shape index (κ3) is 5.48. The van der Waals surface area contributed by atoms with Crippen molar-refractivity contribution in [2.75, 3.05) is 11.5 Å². The van der Waals surface area contributed by atoms with E-state index in [4.69, 9.17) is 44.9 Å². The van der Waals surface area contributed by atoms with Crippen LogP contribution in [0.25, 0.3) is 16.8 Å². The second-order valence-electron chi connectivity index (χ2n) is 8.18. The summed E-state index contributed by atoms with van der Waals surface area (Å²) in [6.45, 7) is 2.81. The van der Waals surface area contributed by atoms with Gasteiger partial charge in [0.25, 0.3) is 5.91 Å². The van der Waals surface area contributed by atoms with Crippen molar-refractivity contribution >= 4 is 79.9 Å². The molecule has 4 nitrogen and oxygen atoms in total. The normalized spacial score (nSPS) is 14.6. The number of benzene rings is 4. The molecule has 1 aliphatic heterocycles. The van der Waals surface area contributed by atoms with Crippen molar-refractivity contribution in [1.29, 1.82) is 0 Å². The molecule has 1 saturated heterocycles. The van der Waals surface area contributed by atoms with E-state index in [-0.39, 0.29) is 5.91 Å². The predicted molar refractivity (Wildman–Crippen MR) is 158 cm³/mol. The minimum Gasteiger partial charge on any atom is -0.490 e. The molecule has 8 heteroatoms. The molecule has 0 aliphatic carbocycles. The van der Waals surface area contributed by atoms with Crippen molar-refractivity contribution < 1.29 is 14.3 Å². The molecule has 4 aromatic rings. The minimum absolute atomic E-state index is 0.220. The van der Waals surface area contributed by atoms with Gasteiger partial charge in [-0.05, 0) is 65.2 Å². The summed E-state index contributed by atoms with van der Waals surface area (Å²) in [7, 11) is 0. The van der Waals surface area contributed by atoms with E-state index in [1.807, 2.05) is 43.3 Å². The van der Waals surface area contributed by atoms with Gasteiger partial charge in [-0.2, -0.15) is 0 Å². The number of anilines is 1. The van der Waals surface area contributed by atoms with Crippen LogP contribution in [0.2, 0.25) is 10.0 Å². The molecule has 186 valence electrons. The molecule has 0 N–H and O–H groups in total. The number of thiocarbonyl (C=S) groups is 1. The van der Waals surface area contributed by atoms with Gasteiger partial charge < -0.3 is 9.47 Å². The standard InChI is InChI=1S/C29H21Cl2NO3S2/c1-2-34-26-14-18(10-13-25(26)35-17-20-8-5-7-19-6-3-4-9-22(19)20)15-27-28(33)32(29(36)37-27)21-11-12-23(30)24(31)16-21/h3-16H,2,17H2,1H3/b27-15-. The average Bonchev–Trinajstić information content (AvgIpc) is 3.17. The minimum atomic E-state index is -0.220. The van der Waals surface area contributed by atoms with Crippen LogP contribution >= 0.6 is 47.2 Å². The second kappa shape index (κ2) is 11.2. The molecule has 0 radical (unpaired) electrons. The first-order valence-electron chi connectivity index (χ1n) is 11.5. The SMILES string of the molecule is CCOc1cc(/C=C2\SC(=S)N(c3ccc(Cl)c(Cl)c3)C2=O)ccc1OCc1cccc2ccccc12. The summed E-state index contributed by atoms with van der Waals surface area (Å²) in [5.41, 5.74) is 2.47. The predicted octanol–water partition coefficient (Wildman–Crippen LogP) is 8.53. The maximum absolute atomic E-state index is 13.2. The largest absolute Gasteiger partial charge is 0.490 e. The van der Waals surface area contributed by atoms with Crippen molar-refractivity contribution in [2.24, 2.45) is 0 Å². The number of hydrogen-bond donors (Lipinski definition) is 0. The molecule has 0 spiro atoms.